The number of nitrogens with one attached hydrogen (secondary N) is 1. The number of amides is 3. The second-order valence-corrected chi connectivity index (χ2v) is 5.36. The van der Waals surface area contributed by atoms with Gasteiger partial charge in [0.05, 0.1) is 11.1 Å². The highest BCUT2D eigenvalue weighted by atomic mass is 79.9. The van der Waals surface area contributed by atoms with Crippen molar-refractivity contribution in [2.75, 3.05) is 0 Å². The zero-order valence-corrected chi connectivity index (χ0v) is 12.3. The number of carbonyl (C=O) groups excluding carboxylic acids is 3. The molecule has 5 nitrogen and oxygen atoms in total. The van der Waals surface area contributed by atoms with Crippen LogP contribution in [0.2, 0.25) is 0 Å². The van der Waals surface area contributed by atoms with E-state index in [4.69, 9.17) is 0 Å². The van der Waals surface area contributed by atoms with Crippen molar-refractivity contribution in [2.45, 2.75) is 0 Å². The summed E-state index contributed by atoms with van der Waals surface area (Å²) in [6, 6.07) is 13.1. The van der Waals surface area contributed by atoms with Crippen molar-refractivity contribution >= 4 is 33.7 Å². The molecule has 1 aliphatic rings. The SMILES string of the molecule is O=C(NN1C(=O)c2ccccc2C1=O)c1cccc(Br)c1. The fraction of sp³-hybridized carbons (Fsp3) is 0. The van der Waals surface area contributed by atoms with E-state index in [-0.39, 0.29) is 11.1 Å². The zero-order valence-electron chi connectivity index (χ0n) is 10.7. The quantitative estimate of drug-likeness (QED) is 0.850. The van der Waals surface area contributed by atoms with E-state index in [0.29, 0.717) is 5.56 Å². The summed E-state index contributed by atoms with van der Waals surface area (Å²) in [6.45, 7) is 0. The van der Waals surface area contributed by atoms with Gasteiger partial charge in [-0.3, -0.25) is 19.8 Å². The molecule has 1 heterocycles. The molecule has 3 rings (SSSR count). The molecule has 2 aromatic rings. The van der Waals surface area contributed by atoms with Gasteiger partial charge in [0, 0.05) is 10.0 Å². The van der Waals surface area contributed by atoms with Gasteiger partial charge in [-0.25, -0.2) is 0 Å². The lowest BCUT2D eigenvalue weighted by atomic mass is 10.1. The van der Waals surface area contributed by atoms with Gasteiger partial charge in [0.15, 0.2) is 0 Å². The molecule has 0 aromatic heterocycles. The molecule has 0 saturated heterocycles. The topological polar surface area (TPSA) is 66.5 Å². The number of hydrazine groups is 1. The van der Waals surface area contributed by atoms with Gasteiger partial charge in [0.2, 0.25) is 0 Å². The van der Waals surface area contributed by atoms with Gasteiger partial charge in [-0.1, -0.05) is 34.1 Å². The molecule has 104 valence electrons. The maximum atomic E-state index is 12.1. The van der Waals surface area contributed by atoms with Gasteiger partial charge < -0.3 is 0 Å². The van der Waals surface area contributed by atoms with Crippen molar-refractivity contribution in [1.82, 2.24) is 10.4 Å². The van der Waals surface area contributed by atoms with Gasteiger partial charge in [-0.2, -0.15) is 5.01 Å². The molecule has 0 fully saturated rings. The van der Waals surface area contributed by atoms with Crippen molar-refractivity contribution in [3.63, 3.8) is 0 Å². The van der Waals surface area contributed by atoms with Crippen molar-refractivity contribution in [2.24, 2.45) is 0 Å². The van der Waals surface area contributed by atoms with Crippen molar-refractivity contribution in [1.29, 1.82) is 0 Å². The number of benzene rings is 2. The van der Waals surface area contributed by atoms with Gasteiger partial charge in [-0.15, -0.1) is 0 Å². The minimum atomic E-state index is -0.529. The largest absolute Gasteiger partial charge is 0.280 e. The summed E-state index contributed by atoms with van der Waals surface area (Å²) in [4.78, 5) is 36.4. The lowest BCUT2D eigenvalue weighted by Gasteiger charge is -2.15. The Balaban J connectivity index is 1.85. The van der Waals surface area contributed by atoms with Crippen LogP contribution in [0.1, 0.15) is 31.1 Å². The number of hydrogen-bond acceptors (Lipinski definition) is 3. The minimum absolute atomic E-state index is 0.289. The lowest BCUT2D eigenvalue weighted by molar-refractivity contribution is 0.0518. The van der Waals surface area contributed by atoms with Gasteiger partial charge in [-0.05, 0) is 30.3 Å². The van der Waals surface area contributed by atoms with Crippen LogP contribution in [0.25, 0.3) is 0 Å². The second-order valence-electron chi connectivity index (χ2n) is 4.44. The molecule has 6 heteroatoms. The minimum Gasteiger partial charge on any atom is -0.267 e. The normalized spacial score (nSPS) is 13.3. The Hall–Kier alpha value is -2.47. The summed E-state index contributed by atoms with van der Waals surface area (Å²) in [5.41, 5.74) is 3.27. The van der Waals surface area contributed by atoms with E-state index in [1.54, 1.807) is 48.5 Å². The van der Waals surface area contributed by atoms with Crippen LogP contribution in [0.3, 0.4) is 0 Å². The molecule has 0 bridgehead atoms. The highest BCUT2D eigenvalue weighted by Crippen LogP contribution is 2.21. The van der Waals surface area contributed by atoms with Crippen LogP contribution >= 0.6 is 15.9 Å². The Bertz CT molecular complexity index is 738. The summed E-state index contributed by atoms with van der Waals surface area (Å²) < 4.78 is 0.734. The highest BCUT2D eigenvalue weighted by molar-refractivity contribution is 9.10. The van der Waals surface area contributed by atoms with Gasteiger partial charge >= 0.3 is 0 Å². The van der Waals surface area contributed by atoms with Crippen LogP contribution < -0.4 is 5.43 Å². The summed E-state index contributed by atoms with van der Waals surface area (Å²) in [7, 11) is 0. The van der Waals surface area contributed by atoms with Crippen LogP contribution in [0.15, 0.2) is 53.0 Å². The van der Waals surface area contributed by atoms with Crippen LogP contribution in [-0.4, -0.2) is 22.7 Å². The average molecular weight is 345 g/mol. The third kappa shape index (κ3) is 2.34. The van der Waals surface area contributed by atoms with E-state index < -0.39 is 17.7 Å². The first-order valence-electron chi connectivity index (χ1n) is 6.12. The van der Waals surface area contributed by atoms with Gasteiger partial charge in [0.25, 0.3) is 17.7 Å². The van der Waals surface area contributed by atoms with Crippen LogP contribution in [0.5, 0.6) is 0 Å². The standard InChI is InChI=1S/C15H9BrN2O3/c16-10-5-3-4-9(8-10)13(19)17-18-14(20)11-6-1-2-7-12(11)15(18)21/h1-8H,(H,17,19). The molecule has 21 heavy (non-hydrogen) atoms. The molecule has 0 spiro atoms. The van der Waals surface area contributed by atoms with E-state index in [0.717, 1.165) is 9.48 Å². The van der Waals surface area contributed by atoms with E-state index in [1.807, 2.05) is 0 Å². The number of halogens is 1. The van der Waals surface area contributed by atoms with E-state index in [9.17, 15) is 14.4 Å². The summed E-state index contributed by atoms with van der Waals surface area (Å²) in [6.07, 6.45) is 0. The molecule has 0 atom stereocenters. The Labute approximate surface area is 128 Å². The van der Waals surface area contributed by atoms with Crippen LogP contribution in [-0.2, 0) is 0 Å². The summed E-state index contributed by atoms with van der Waals surface area (Å²) >= 11 is 3.26. The van der Waals surface area contributed by atoms with E-state index in [2.05, 4.69) is 21.4 Å². The smallest absolute Gasteiger partial charge is 0.267 e. The monoisotopic (exact) mass is 344 g/mol. The first-order valence-corrected chi connectivity index (χ1v) is 6.91. The molecular formula is C15H9BrN2O3. The Morgan fingerprint density at radius 2 is 1.57 bits per heavy atom. The Kier molecular flexibility index (Phi) is 3.31. The molecule has 0 aliphatic carbocycles. The maximum Gasteiger partial charge on any atom is 0.280 e. The molecule has 3 amide bonds. The van der Waals surface area contributed by atoms with Crippen molar-refractivity contribution in [3.05, 3.63) is 69.7 Å². The fourth-order valence-corrected chi connectivity index (χ4v) is 2.49. The highest BCUT2D eigenvalue weighted by Gasteiger charge is 2.36. The summed E-state index contributed by atoms with van der Waals surface area (Å²) in [5.74, 6) is -1.58. The first-order chi connectivity index (χ1) is 10.1. The molecule has 0 unspecified atom stereocenters. The van der Waals surface area contributed by atoms with Crippen molar-refractivity contribution < 1.29 is 14.4 Å². The lowest BCUT2D eigenvalue weighted by Crippen LogP contribution is -2.45. The number of carbonyl (C=O) groups is 3. The maximum absolute atomic E-state index is 12.1. The fourth-order valence-electron chi connectivity index (χ4n) is 2.09. The van der Waals surface area contributed by atoms with E-state index in [1.165, 1.54) is 0 Å². The number of imide groups is 1. The number of hydrogen-bond donors (Lipinski definition) is 1. The predicted octanol–water partition coefficient (Wildman–Crippen LogP) is 2.39. The predicted molar refractivity (Wildman–Crippen MR) is 78.6 cm³/mol. The van der Waals surface area contributed by atoms with Gasteiger partial charge in [0.1, 0.15) is 0 Å². The molecule has 2 aromatic carbocycles. The number of rotatable bonds is 2. The third-order valence-electron chi connectivity index (χ3n) is 3.09. The first kappa shape index (κ1) is 13.5. The molecule has 0 radical (unpaired) electrons. The number of nitrogens with zero attached hydrogens (tertiary/aromatic N) is 1. The number of fused-ring (bicyclic) bond motifs is 1. The Morgan fingerprint density at radius 1 is 0.952 bits per heavy atom. The van der Waals surface area contributed by atoms with Crippen molar-refractivity contribution in [3.8, 4) is 0 Å². The van der Waals surface area contributed by atoms with E-state index >= 15 is 0 Å². The summed E-state index contributed by atoms with van der Waals surface area (Å²) in [5, 5.41) is 0.744. The van der Waals surface area contributed by atoms with Crippen LogP contribution in [0, 0.1) is 0 Å². The molecule has 1 aliphatic heterocycles. The second kappa shape index (κ2) is 5.14. The van der Waals surface area contributed by atoms with Crippen LogP contribution in [0.4, 0.5) is 0 Å². The zero-order chi connectivity index (χ0) is 15.0. The molecule has 1 N–H and O–H groups in total. The molecule has 0 saturated carbocycles. The Morgan fingerprint density at radius 3 is 2.14 bits per heavy atom. The average Bonchev–Trinajstić information content (AvgIpc) is 2.73. The third-order valence-corrected chi connectivity index (χ3v) is 3.59. The molecular weight excluding hydrogens is 336 g/mol.